The largest absolute Gasteiger partial charge is 0.0847 e. The molecule has 0 saturated heterocycles. The molecule has 4 atom stereocenters. The summed E-state index contributed by atoms with van der Waals surface area (Å²) < 4.78 is 0. The Morgan fingerprint density at radius 3 is 3.00 bits per heavy atom. The molecule has 4 aliphatic rings. The zero-order chi connectivity index (χ0) is 10.1. The number of hydrogen-bond acceptors (Lipinski definition) is 0. The fraction of sp³-hybridized carbons (Fsp3) is 0.867. The second kappa shape index (κ2) is 2.52. The van der Waals surface area contributed by atoms with Crippen molar-refractivity contribution in [1.29, 1.82) is 0 Å². The Morgan fingerprint density at radius 2 is 2.20 bits per heavy atom. The summed E-state index contributed by atoms with van der Waals surface area (Å²) in [6.07, 6.45) is 14.7. The van der Waals surface area contributed by atoms with Crippen molar-refractivity contribution in [3.63, 3.8) is 0 Å². The normalized spacial score (nSPS) is 56.5. The van der Waals surface area contributed by atoms with Crippen LogP contribution < -0.4 is 0 Å². The summed E-state index contributed by atoms with van der Waals surface area (Å²) in [4.78, 5) is 0. The van der Waals surface area contributed by atoms with Gasteiger partial charge in [-0.05, 0) is 67.6 Å². The molecule has 15 heavy (non-hydrogen) atoms. The van der Waals surface area contributed by atoms with Gasteiger partial charge in [-0.3, -0.25) is 0 Å². The van der Waals surface area contributed by atoms with E-state index in [-0.39, 0.29) is 0 Å². The summed E-state index contributed by atoms with van der Waals surface area (Å²) in [5.41, 5.74) is 3.40. The van der Waals surface area contributed by atoms with Gasteiger partial charge in [0, 0.05) is 0 Å². The molecule has 0 N–H and O–H groups in total. The van der Waals surface area contributed by atoms with Gasteiger partial charge >= 0.3 is 0 Å². The molecule has 0 aromatic heterocycles. The first-order valence-corrected chi connectivity index (χ1v) is 6.95. The SMILES string of the molecule is C[C@@]12CC1CCC=C1CC[C@@]13CCCC32. The van der Waals surface area contributed by atoms with Crippen molar-refractivity contribution >= 4 is 0 Å². The molecule has 3 fully saturated rings. The van der Waals surface area contributed by atoms with Crippen molar-refractivity contribution in [2.24, 2.45) is 22.7 Å². The molecule has 0 radical (unpaired) electrons. The van der Waals surface area contributed by atoms with Gasteiger partial charge in [-0.25, -0.2) is 0 Å². The van der Waals surface area contributed by atoms with E-state index in [2.05, 4.69) is 13.0 Å². The van der Waals surface area contributed by atoms with Crippen LogP contribution in [-0.4, -0.2) is 0 Å². The maximum absolute atomic E-state index is 2.64. The van der Waals surface area contributed by atoms with E-state index in [4.69, 9.17) is 0 Å². The van der Waals surface area contributed by atoms with E-state index in [9.17, 15) is 0 Å². The average Bonchev–Trinajstić information content (AvgIpc) is 2.66. The van der Waals surface area contributed by atoms with Gasteiger partial charge in [0.05, 0.1) is 0 Å². The lowest BCUT2D eigenvalue weighted by molar-refractivity contribution is 0.0938. The Hall–Kier alpha value is -0.260. The van der Waals surface area contributed by atoms with Crippen molar-refractivity contribution in [2.75, 3.05) is 0 Å². The Balaban J connectivity index is 1.80. The maximum atomic E-state index is 2.64. The first-order valence-electron chi connectivity index (χ1n) is 6.95. The molecule has 0 nitrogen and oxygen atoms in total. The molecule has 0 heterocycles. The number of hydrogen-bond donors (Lipinski definition) is 0. The van der Waals surface area contributed by atoms with Crippen LogP contribution in [0.1, 0.15) is 58.3 Å². The van der Waals surface area contributed by atoms with E-state index in [1.165, 1.54) is 38.5 Å². The van der Waals surface area contributed by atoms with E-state index < -0.39 is 0 Å². The molecular weight excluding hydrogens is 180 g/mol. The lowest BCUT2D eigenvalue weighted by atomic mass is 9.54. The number of fused-ring (bicyclic) bond motifs is 2. The third-order valence-corrected chi connectivity index (χ3v) is 6.42. The van der Waals surface area contributed by atoms with Crippen LogP contribution >= 0.6 is 0 Å². The minimum Gasteiger partial charge on any atom is -0.0847 e. The Kier molecular flexibility index (Phi) is 1.49. The van der Waals surface area contributed by atoms with Crippen LogP contribution in [0.3, 0.4) is 0 Å². The van der Waals surface area contributed by atoms with Crippen LogP contribution in [0, 0.1) is 22.7 Å². The summed E-state index contributed by atoms with van der Waals surface area (Å²) >= 11 is 0. The summed E-state index contributed by atoms with van der Waals surface area (Å²) in [7, 11) is 0. The zero-order valence-corrected chi connectivity index (χ0v) is 9.89. The van der Waals surface area contributed by atoms with Gasteiger partial charge in [0.25, 0.3) is 0 Å². The van der Waals surface area contributed by atoms with E-state index in [1.54, 1.807) is 12.8 Å². The molecule has 0 amide bonds. The fourth-order valence-electron chi connectivity index (χ4n) is 5.40. The molecule has 4 rings (SSSR count). The van der Waals surface area contributed by atoms with Gasteiger partial charge in [0.15, 0.2) is 0 Å². The molecule has 0 aliphatic heterocycles. The van der Waals surface area contributed by atoms with Crippen molar-refractivity contribution in [2.45, 2.75) is 58.3 Å². The van der Waals surface area contributed by atoms with Crippen molar-refractivity contribution in [3.8, 4) is 0 Å². The van der Waals surface area contributed by atoms with Gasteiger partial charge in [0.1, 0.15) is 0 Å². The van der Waals surface area contributed by atoms with E-state index >= 15 is 0 Å². The Labute approximate surface area is 93.1 Å². The summed E-state index contributed by atoms with van der Waals surface area (Å²) in [6, 6.07) is 0. The lowest BCUT2D eigenvalue weighted by Gasteiger charge is -2.50. The molecule has 3 saturated carbocycles. The predicted octanol–water partition coefficient (Wildman–Crippen LogP) is 4.31. The molecule has 0 aromatic rings. The summed E-state index contributed by atoms with van der Waals surface area (Å²) in [6.45, 7) is 2.61. The average molecular weight is 202 g/mol. The van der Waals surface area contributed by atoms with Crippen LogP contribution in [0.15, 0.2) is 11.6 Å². The summed E-state index contributed by atoms with van der Waals surface area (Å²) in [5, 5.41) is 0. The van der Waals surface area contributed by atoms with Crippen LogP contribution in [0.4, 0.5) is 0 Å². The van der Waals surface area contributed by atoms with Gasteiger partial charge in [-0.2, -0.15) is 0 Å². The molecule has 2 unspecified atom stereocenters. The van der Waals surface area contributed by atoms with Crippen molar-refractivity contribution in [3.05, 3.63) is 11.6 Å². The van der Waals surface area contributed by atoms with Gasteiger partial charge in [-0.1, -0.05) is 25.0 Å². The van der Waals surface area contributed by atoms with E-state index in [1.807, 2.05) is 5.57 Å². The van der Waals surface area contributed by atoms with Crippen LogP contribution in [0.2, 0.25) is 0 Å². The maximum Gasteiger partial charge on any atom is -0.00515 e. The van der Waals surface area contributed by atoms with E-state index in [0.717, 1.165) is 22.7 Å². The highest BCUT2D eigenvalue weighted by Crippen LogP contribution is 2.73. The van der Waals surface area contributed by atoms with Crippen molar-refractivity contribution < 1.29 is 0 Å². The zero-order valence-electron chi connectivity index (χ0n) is 9.89. The molecular formula is C15H22. The highest BCUT2D eigenvalue weighted by molar-refractivity contribution is 5.31. The first-order chi connectivity index (χ1) is 7.26. The van der Waals surface area contributed by atoms with Crippen LogP contribution in [0.25, 0.3) is 0 Å². The lowest BCUT2D eigenvalue weighted by Crippen LogP contribution is -2.40. The third kappa shape index (κ3) is 0.905. The van der Waals surface area contributed by atoms with Gasteiger partial charge < -0.3 is 0 Å². The topological polar surface area (TPSA) is 0 Å². The predicted molar refractivity (Wildman–Crippen MR) is 62.5 cm³/mol. The third-order valence-electron chi connectivity index (χ3n) is 6.42. The smallest absolute Gasteiger partial charge is 0.00515 e. The highest BCUT2D eigenvalue weighted by atomic mass is 14.7. The second-order valence-electron chi connectivity index (χ2n) is 6.81. The molecule has 82 valence electrons. The molecule has 0 bridgehead atoms. The standard InChI is InChI=1S/C15H22/c1-14-10-12(14)5-2-4-11-7-9-15(11)8-3-6-13(14)15/h4,12-13H,2-3,5-10H2,1H3/t12?,13?,14-,15+/m1/s1. The monoisotopic (exact) mass is 202 g/mol. The second-order valence-corrected chi connectivity index (χ2v) is 6.81. The fourth-order valence-corrected chi connectivity index (χ4v) is 5.40. The minimum absolute atomic E-state index is 0.740. The first kappa shape index (κ1) is 8.84. The molecule has 4 aliphatic carbocycles. The van der Waals surface area contributed by atoms with Gasteiger partial charge in [0.2, 0.25) is 0 Å². The van der Waals surface area contributed by atoms with Crippen LogP contribution in [-0.2, 0) is 0 Å². The van der Waals surface area contributed by atoms with Gasteiger partial charge in [-0.15, -0.1) is 0 Å². The van der Waals surface area contributed by atoms with Crippen molar-refractivity contribution in [1.82, 2.24) is 0 Å². The Bertz CT molecular complexity index is 340. The Morgan fingerprint density at radius 1 is 1.27 bits per heavy atom. The highest BCUT2D eigenvalue weighted by Gasteiger charge is 2.64. The summed E-state index contributed by atoms with van der Waals surface area (Å²) in [5.74, 6) is 2.17. The molecule has 0 heteroatoms. The molecule has 0 aromatic carbocycles. The van der Waals surface area contributed by atoms with E-state index in [0.29, 0.717) is 0 Å². The number of allylic oxidation sites excluding steroid dienone is 2. The number of rotatable bonds is 0. The van der Waals surface area contributed by atoms with Crippen LogP contribution in [0.5, 0.6) is 0 Å². The minimum atomic E-state index is 0.740. The quantitative estimate of drug-likeness (QED) is 0.513. The molecule has 1 spiro atoms.